The van der Waals surface area contributed by atoms with Gasteiger partial charge in [0, 0.05) is 0 Å². The van der Waals surface area contributed by atoms with Gasteiger partial charge in [0.15, 0.2) is 0 Å². The maximum Gasteiger partial charge on any atom is 0.259 e. The molecule has 0 aliphatic rings. The molecule has 0 amide bonds. The SMILES string of the molecule is Cc1nc(N)c(C(O)c2ccccc2)c(=O)[nH]1. The summed E-state index contributed by atoms with van der Waals surface area (Å²) < 4.78 is 0. The fraction of sp³-hybridized carbons (Fsp3) is 0.167. The third-order valence-electron chi connectivity index (χ3n) is 2.49. The quantitative estimate of drug-likeness (QED) is 0.710. The largest absolute Gasteiger partial charge is 0.383 e. The molecule has 0 saturated heterocycles. The van der Waals surface area contributed by atoms with Gasteiger partial charge in [0.2, 0.25) is 0 Å². The Morgan fingerprint density at radius 1 is 1.35 bits per heavy atom. The number of aliphatic hydroxyl groups is 1. The number of aliphatic hydroxyl groups excluding tert-OH is 1. The number of aromatic nitrogens is 2. The molecule has 0 bridgehead atoms. The van der Waals surface area contributed by atoms with Crippen LogP contribution in [0, 0.1) is 6.92 Å². The first-order valence-corrected chi connectivity index (χ1v) is 5.19. The van der Waals surface area contributed by atoms with Crippen molar-refractivity contribution < 1.29 is 5.11 Å². The first-order valence-electron chi connectivity index (χ1n) is 5.19. The Morgan fingerprint density at radius 2 is 2.00 bits per heavy atom. The van der Waals surface area contributed by atoms with Crippen LogP contribution in [0.25, 0.3) is 0 Å². The number of rotatable bonds is 2. The zero-order valence-corrected chi connectivity index (χ0v) is 9.34. The Kier molecular flexibility index (Phi) is 2.93. The molecule has 1 unspecified atom stereocenters. The highest BCUT2D eigenvalue weighted by atomic mass is 16.3. The maximum absolute atomic E-state index is 11.7. The van der Waals surface area contributed by atoms with Crippen LogP contribution >= 0.6 is 0 Å². The summed E-state index contributed by atoms with van der Waals surface area (Å²) in [5.41, 5.74) is 5.95. The first-order chi connectivity index (χ1) is 8.09. The van der Waals surface area contributed by atoms with Gasteiger partial charge in [0.05, 0.1) is 5.56 Å². The van der Waals surface area contributed by atoms with Crippen molar-refractivity contribution in [2.75, 3.05) is 5.73 Å². The van der Waals surface area contributed by atoms with Gasteiger partial charge < -0.3 is 15.8 Å². The van der Waals surface area contributed by atoms with Gasteiger partial charge in [-0.25, -0.2) is 4.98 Å². The Bertz CT molecular complexity index is 578. The summed E-state index contributed by atoms with van der Waals surface area (Å²) in [4.78, 5) is 18.2. The van der Waals surface area contributed by atoms with Gasteiger partial charge in [-0.2, -0.15) is 0 Å². The molecule has 1 heterocycles. The van der Waals surface area contributed by atoms with Gasteiger partial charge >= 0.3 is 0 Å². The summed E-state index contributed by atoms with van der Waals surface area (Å²) in [5, 5.41) is 10.1. The number of H-pyrrole nitrogens is 1. The number of aryl methyl sites for hydroxylation is 1. The van der Waals surface area contributed by atoms with E-state index in [0.29, 0.717) is 11.4 Å². The lowest BCUT2D eigenvalue weighted by Gasteiger charge is -2.12. The molecule has 2 rings (SSSR count). The number of aromatic amines is 1. The highest BCUT2D eigenvalue weighted by Crippen LogP contribution is 2.21. The minimum Gasteiger partial charge on any atom is -0.383 e. The summed E-state index contributed by atoms with van der Waals surface area (Å²) in [6, 6.07) is 8.85. The van der Waals surface area contributed by atoms with E-state index in [0.717, 1.165) is 0 Å². The van der Waals surface area contributed by atoms with Crippen molar-refractivity contribution >= 4 is 5.82 Å². The minimum atomic E-state index is -1.06. The molecule has 1 aromatic carbocycles. The molecular formula is C12H13N3O2. The van der Waals surface area contributed by atoms with Crippen LogP contribution in [0.3, 0.4) is 0 Å². The third-order valence-corrected chi connectivity index (χ3v) is 2.49. The van der Waals surface area contributed by atoms with Crippen molar-refractivity contribution in [1.29, 1.82) is 0 Å². The van der Waals surface area contributed by atoms with Crippen LogP contribution in [0.2, 0.25) is 0 Å². The van der Waals surface area contributed by atoms with Gasteiger partial charge in [-0.3, -0.25) is 4.79 Å². The van der Waals surface area contributed by atoms with Crippen LogP contribution in [0.1, 0.15) is 23.1 Å². The van der Waals surface area contributed by atoms with E-state index >= 15 is 0 Å². The van der Waals surface area contributed by atoms with Crippen molar-refractivity contribution in [1.82, 2.24) is 9.97 Å². The van der Waals surface area contributed by atoms with E-state index in [1.807, 2.05) is 6.07 Å². The molecule has 0 radical (unpaired) electrons. The second-order valence-corrected chi connectivity index (χ2v) is 3.76. The molecule has 0 saturated carbocycles. The molecule has 0 fully saturated rings. The van der Waals surface area contributed by atoms with E-state index in [9.17, 15) is 9.90 Å². The maximum atomic E-state index is 11.7. The predicted octanol–water partition coefficient (Wildman–Crippen LogP) is 0.742. The van der Waals surface area contributed by atoms with Crippen molar-refractivity contribution in [2.24, 2.45) is 0 Å². The van der Waals surface area contributed by atoms with Gasteiger partial charge in [-0.15, -0.1) is 0 Å². The zero-order valence-electron chi connectivity index (χ0n) is 9.34. The summed E-state index contributed by atoms with van der Waals surface area (Å²) in [6.07, 6.45) is -1.06. The lowest BCUT2D eigenvalue weighted by molar-refractivity contribution is 0.219. The smallest absolute Gasteiger partial charge is 0.259 e. The molecule has 0 aliphatic carbocycles. The topological polar surface area (TPSA) is 92.0 Å². The lowest BCUT2D eigenvalue weighted by atomic mass is 10.0. The molecule has 4 N–H and O–H groups in total. The second-order valence-electron chi connectivity index (χ2n) is 3.76. The number of nitrogen functional groups attached to an aromatic ring is 1. The van der Waals surface area contributed by atoms with Gasteiger partial charge in [0.1, 0.15) is 17.7 Å². The molecule has 88 valence electrons. The molecule has 5 nitrogen and oxygen atoms in total. The number of nitrogens with two attached hydrogens (primary N) is 1. The zero-order chi connectivity index (χ0) is 12.4. The lowest BCUT2D eigenvalue weighted by Crippen LogP contribution is -2.22. The minimum absolute atomic E-state index is 0.0580. The molecular weight excluding hydrogens is 218 g/mol. The molecule has 0 spiro atoms. The number of anilines is 1. The molecule has 17 heavy (non-hydrogen) atoms. The van der Waals surface area contributed by atoms with E-state index in [1.54, 1.807) is 31.2 Å². The van der Waals surface area contributed by atoms with Gasteiger partial charge in [-0.1, -0.05) is 30.3 Å². The van der Waals surface area contributed by atoms with Crippen LogP contribution in [0.5, 0.6) is 0 Å². The van der Waals surface area contributed by atoms with Crippen LogP contribution in [-0.2, 0) is 0 Å². The van der Waals surface area contributed by atoms with Crippen LogP contribution in [0.15, 0.2) is 35.1 Å². The first kappa shape index (κ1) is 11.3. The second kappa shape index (κ2) is 4.39. The van der Waals surface area contributed by atoms with Crippen LogP contribution in [0.4, 0.5) is 5.82 Å². The average molecular weight is 231 g/mol. The average Bonchev–Trinajstić information content (AvgIpc) is 2.28. The molecule has 5 heteroatoms. The van der Waals surface area contributed by atoms with Gasteiger partial charge in [-0.05, 0) is 12.5 Å². The summed E-state index contributed by atoms with van der Waals surface area (Å²) in [6.45, 7) is 1.64. The molecule has 1 aromatic heterocycles. The summed E-state index contributed by atoms with van der Waals surface area (Å²) in [5.74, 6) is 0.485. The van der Waals surface area contributed by atoms with Crippen molar-refractivity contribution in [3.05, 3.63) is 57.6 Å². The number of hydrogen-bond donors (Lipinski definition) is 3. The van der Waals surface area contributed by atoms with Crippen molar-refractivity contribution in [3.8, 4) is 0 Å². The Morgan fingerprint density at radius 3 is 2.59 bits per heavy atom. The molecule has 1 atom stereocenters. The summed E-state index contributed by atoms with van der Waals surface area (Å²) >= 11 is 0. The van der Waals surface area contributed by atoms with Gasteiger partial charge in [0.25, 0.3) is 5.56 Å². The van der Waals surface area contributed by atoms with Crippen molar-refractivity contribution in [3.63, 3.8) is 0 Å². The highest BCUT2D eigenvalue weighted by Gasteiger charge is 2.18. The van der Waals surface area contributed by atoms with E-state index in [2.05, 4.69) is 9.97 Å². The van der Waals surface area contributed by atoms with Crippen molar-refractivity contribution in [2.45, 2.75) is 13.0 Å². The Labute approximate surface area is 98.0 Å². The van der Waals surface area contributed by atoms with E-state index in [-0.39, 0.29) is 11.4 Å². The predicted molar refractivity (Wildman–Crippen MR) is 64.5 cm³/mol. The van der Waals surface area contributed by atoms with E-state index in [1.165, 1.54) is 0 Å². The number of nitrogens with zero attached hydrogens (tertiary/aromatic N) is 1. The standard InChI is InChI=1S/C12H13N3O2/c1-7-14-11(13)9(12(17)15-7)10(16)8-5-3-2-4-6-8/h2-6,10,16H,1H3,(H3,13,14,15,17). The number of benzene rings is 1. The molecule has 2 aromatic rings. The van der Waals surface area contributed by atoms with E-state index in [4.69, 9.17) is 5.73 Å². The summed E-state index contributed by atoms with van der Waals surface area (Å²) in [7, 11) is 0. The number of hydrogen-bond acceptors (Lipinski definition) is 4. The Hall–Kier alpha value is -2.14. The Balaban J connectivity index is 2.52. The van der Waals surface area contributed by atoms with Crippen LogP contribution < -0.4 is 11.3 Å². The fourth-order valence-electron chi connectivity index (χ4n) is 1.68. The number of nitrogens with one attached hydrogen (secondary N) is 1. The normalized spacial score (nSPS) is 12.4. The third kappa shape index (κ3) is 2.19. The highest BCUT2D eigenvalue weighted by molar-refractivity contribution is 5.43. The fourth-order valence-corrected chi connectivity index (χ4v) is 1.68. The molecule has 0 aliphatic heterocycles. The van der Waals surface area contributed by atoms with E-state index < -0.39 is 11.7 Å². The van der Waals surface area contributed by atoms with Crippen LogP contribution in [-0.4, -0.2) is 15.1 Å². The monoisotopic (exact) mass is 231 g/mol.